The molecule has 0 saturated carbocycles. The Morgan fingerprint density at radius 3 is 2.29 bits per heavy atom. The Hall–Kier alpha value is -1.06. The number of piperazine rings is 1. The summed E-state index contributed by atoms with van der Waals surface area (Å²) >= 11 is 0. The van der Waals surface area contributed by atoms with Gasteiger partial charge in [-0.15, -0.1) is 0 Å². The van der Waals surface area contributed by atoms with Crippen LogP contribution in [-0.4, -0.2) is 34.8 Å². The standard InChI is InChI=1S/C13H24N2O2/c1-7-10-12(17)15(8(2)11(16)14-10)9(3)13(4,5)6/h8-10H,7H2,1-6H3,(H,14,16). The highest BCUT2D eigenvalue weighted by Crippen LogP contribution is 2.28. The third kappa shape index (κ3) is 2.61. The maximum atomic E-state index is 12.3. The normalized spacial score (nSPS) is 28.0. The van der Waals surface area contributed by atoms with E-state index in [0.29, 0.717) is 6.42 Å². The summed E-state index contributed by atoms with van der Waals surface area (Å²) in [6, 6.07) is -0.687. The summed E-state index contributed by atoms with van der Waals surface area (Å²) in [5, 5.41) is 2.77. The Bertz CT molecular complexity index is 320. The van der Waals surface area contributed by atoms with Crippen LogP contribution in [0.5, 0.6) is 0 Å². The van der Waals surface area contributed by atoms with Gasteiger partial charge >= 0.3 is 0 Å². The van der Waals surface area contributed by atoms with Crippen LogP contribution in [0.2, 0.25) is 0 Å². The Balaban J connectivity index is 3.01. The van der Waals surface area contributed by atoms with Gasteiger partial charge in [0.25, 0.3) is 0 Å². The summed E-state index contributed by atoms with van der Waals surface area (Å²) in [7, 11) is 0. The van der Waals surface area contributed by atoms with E-state index in [-0.39, 0.29) is 35.4 Å². The van der Waals surface area contributed by atoms with Crippen molar-refractivity contribution in [1.29, 1.82) is 0 Å². The van der Waals surface area contributed by atoms with E-state index in [9.17, 15) is 9.59 Å². The van der Waals surface area contributed by atoms with Gasteiger partial charge in [-0.3, -0.25) is 9.59 Å². The lowest BCUT2D eigenvalue weighted by Gasteiger charge is -2.45. The van der Waals surface area contributed by atoms with Crippen LogP contribution in [0.4, 0.5) is 0 Å². The molecule has 1 heterocycles. The number of hydrogen-bond donors (Lipinski definition) is 1. The quantitative estimate of drug-likeness (QED) is 0.796. The van der Waals surface area contributed by atoms with Gasteiger partial charge in [-0.2, -0.15) is 0 Å². The van der Waals surface area contributed by atoms with E-state index in [2.05, 4.69) is 26.1 Å². The van der Waals surface area contributed by atoms with Crippen molar-refractivity contribution in [3.63, 3.8) is 0 Å². The molecule has 0 aliphatic carbocycles. The van der Waals surface area contributed by atoms with Crippen molar-refractivity contribution in [3.8, 4) is 0 Å². The van der Waals surface area contributed by atoms with Gasteiger partial charge in [0.15, 0.2) is 0 Å². The third-order valence-electron chi connectivity index (χ3n) is 3.74. The molecule has 1 N–H and O–H groups in total. The fraction of sp³-hybridized carbons (Fsp3) is 0.846. The van der Waals surface area contributed by atoms with Gasteiger partial charge in [-0.25, -0.2) is 0 Å². The van der Waals surface area contributed by atoms with Gasteiger partial charge in [0.1, 0.15) is 12.1 Å². The molecule has 2 amide bonds. The highest BCUT2D eigenvalue weighted by atomic mass is 16.2. The van der Waals surface area contributed by atoms with Gasteiger partial charge in [-0.1, -0.05) is 27.7 Å². The summed E-state index contributed by atoms with van der Waals surface area (Å²) in [4.78, 5) is 25.9. The van der Waals surface area contributed by atoms with Crippen LogP contribution in [0, 0.1) is 5.41 Å². The molecule has 1 saturated heterocycles. The molecular weight excluding hydrogens is 216 g/mol. The van der Waals surface area contributed by atoms with E-state index >= 15 is 0 Å². The number of rotatable bonds is 2. The molecular formula is C13H24N2O2. The smallest absolute Gasteiger partial charge is 0.246 e. The summed E-state index contributed by atoms with van der Waals surface area (Å²) in [5.41, 5.74) is -0.0279. The molecule has 1 aliphatic heterocycles. The second-order valence-corrected chi connectivity index (χ2v) is 5.93. The number of nitrogens with zero attached hydrogens (tertiary/aromatic N) is 1. The zero-order valence-electron chi connectivity index (χ0n) is 11.7. The van der Waals surface area contributed by atoms with E-state index in [1.54, 1.807) is 11.8 Å². The molecule has 3 unspecified atom stereocenters. The number of carbonyl (C=O) groups is 2. The monoisotopic (exact) mass is 240 g/mol. The molecule has 4 heteroatoms. The number of hydrogen-bond acceptors (Lipinski definition) is 2. The summed E-state index contributed by atoms with van der Waals surface area (Å²) in [6.07, 6.45) is 0.644. The Kier molecular flexibility index (Phi) is 3.84. The molecule has 1 fully saturated rings. The molecule has 0 aromatic heterocycles. The van der Waals surface area contributed by atoms with Crippen molar-refractivity contribution in [3.05, 3.63) is 0 Å². The molecule has 4 nitrogen and oxygen atoms in total. The number of nitrogens with one attached hydrogen (secondary N) is 1. The van der Waals surface area contributed by atoms with Crippen molar-refractivity contribution >= 4 is 11.8 Å². The van der Waals surface area contributed by atoms with Crippen molar-refractivity contribution in [2.75, 3.05) is 0 Å². The summed E-state index contributed by atoms with van der Waals surface area (Å²) < 4.78 is 0. The lowest BCUT2D eigenvalue weighted by atomic mass is 9.85. The minimum absolute atomic E-state index is 0.0279. The number of amides is 2. The highest BCUT2D eigenvalue weighted by Gasteiger charge is 2.42. The van der Waals surface area contributed by atoms with Crippen LogP contribution in [-0.2, 0) is 9.59 Å². The fourth-order valence-electron chi connectivity index (χ4n) is 2.07. The zero-order chi connectivity index (χ0) is 13.4. The third-order valence-corrected chi connectivity index (χ3v) is 3.74. The predicted molar refractivity (Wildman–Crippen MR) is 67.4 cm³/mol. The molecule has 0 spiro atoms. The lowest BCUT2D eigenvalue weighted by molar-refractivity contribution is -0.153. The molecule has 0 radical (unpaired) electrons. The average Bonchev–Trinajstić information content (AvgIpc) is 2.22. The first kappa shape index (κ1) is 14.0. The van der Waals surface area contributed by atoms with Gasteiger partial charge in [0, 0.05) is 6.04 Å². The van der Waals surface area contributed by atoms with E-state index in [1.807, 2.05) is 13.8 Å². The summed E-state index contributed by atoms with van der Waals surface area (Å²) in [6.45, 7) is 12.0. The Morgan fingerprint density at radius 1 is 1.35 bits per heavy atom. The summed E-state index contributed by atoms with van der Waals surface area (Å²) in [5.74, 6) is -0.00502. The van der Waals surface area contributed by atoms with Crippen molar-refractivity contribution in [2.24, 2.45) is 5.41 Å². The topological polar surface area (TPSA) is 49.4 Å². The van der Waals surface area contributed by atoms with Gasteiger partial charge in [0.2, 0.25) is 11.8 Å². The van der Waals surface area contributed by atoms with Crippen LogP contribution >= 0.6 is 0 Å². The van der Waals surface area contributed by atoms with Gasteiger partial charge in [0.05, 0.1) is 0 Å². The number of carbonyl (C=O) groups excluding carboxylic acids is 2. The van der Waals surface area contributed by atoms with Crippen LogP contribution in [0.3, 0.4) is 0 Å². The molecule has 0 aromatic carbocycles. The average molecular weight is 240 g/mol. The highest BCUT2D eigenvalue weighted by molar-refractivity contribution is 5.96. The fourth-order valence-corrected chi connectivity index (χ4v) is 2.07. The van der Waals surface area contributed by atoms with Crippen LogP contribution in [0.15, 0.2) is 0 Å². The van der Waals surface area contributed by atoms with Crippen molar-refractivity contribution in [2.45, 2.75) is 66.1 Å². The first-order valence-electron chi connectivity index (χ1n) is 6.32. The largest absolute Gasteiger partial charge is 0.343 e. The van der Waals surface area contributed by atoms with Crippen molar-refractivity contribution < 1.29 is 9.59 Å². The van der Waals surface area contributed by atoms with E-state index in [1.165, 1.54) is 0 Å². The first-order valence-corrected chi connectivity index (χ1v) is 6.32. The molecule has 0 aromatic rings. The maximum Gasteiger partial charge on any atom is 0.246 e. The van der Waals surface area contributed by atoms with Crippen LogP contribution in [0.25, 0.3) is 0 Å². The Morgan fingerprint density at radius 2 is 1.88 bits per heavy atom. The minimum atomic E-state index is -0.375. The lowest BCUT2D eigenvalue weighted by Crippen LogP contribution is -2.65. The van der Waals surface area contributed by atoms with Gasteiger partial charge in [-0.05, 0) is 25.7 Å². The van der Waals surface area contributed by atoms with Crippen molar-refractivity contribution in [1.82, 2.24) is 10.2 Å². The molecule has 3 atom stereocenters. The Labute approximate surface area is 104 Å². The van der Waals surface area contributed by atoms with E-state index < -0.39 is 0 Å². The molecule has 17 heavy (non-hydrogen) atoms. The molecule has 1 rings (SSSR count). The maximum absolute atomic E-state index is 12.3. The molecule has 98 valence electrons. The second-order valence-electron chi connectivity index (χ2n) is 5.93. The molecule has 1 aliphatic rings. The zero-order valence-corrected chi connectivity index (χ0v) is 11.7. The second kappa shape index (κ2) is 4.67. The van der Waals surface area contributed by atoms with Gasteiger partial charge < -0.3 is 10.2 Å². The van der Waals surface area contributed by atoms with E-state index in [0.717, 1.165) is 0 Å². The first-order chi connectivity index (χ1) is 7.70. The SMILES string of the molecule is CCC1NC(=O)C(C)N(C(C)C(C)(C)C)C1=O. The van der Waals surface area contributed by atoms with Crippen LogP contribution < -0.4 is 5.32 Å². The van der Waals surface area contributed by atoms with Crippen LogP contribution in [0.1, 0.15) is 48.0 Å². The minimum Gasteiger partial charge on any atom is -0.343 e. The van der Waals surface area contributed by atoms with E-state index in [4.69, 9.17) is 0 Å². The predicted octanol–water partition coefficient (Wildman–Crippen LogP) is 1.55. The molecule has 0 bridgehead atoms.